The van der Waals surface area contributed by atoms with Gasteiger partial charge in [-0.25, -0.2) is 4.98 Å². The minimum absolute atomic E-state index is 0.0532. The number of para-hydroxylation sites is 1. The van der Waals surface area contributed by atoms with Crippen LogP contribution in [-0.2, 0) is 4.79 Å². The molecule has 2 aromatic carbocycles. The van der Waals surface area contributed by atoms with E-state index in [1.54, 1.807) is 17.4 Å². The smallest absolute Gasteiger partial charge is 0.247 e. The Kier molecular flexibility index (Phi) is 4.68. The molecule has 1 aliphatic heterocycles. The molecule has 3 nitrogen and oxygen atoms in total. The minimum Gasteiger partial charge on any atom is -0.330 e. The number of thiazole rings is 1. The number of rotatable bonds is 3. The number of carbonyl (C=O) groups is 1. The molecule has 0 radical (unpaired) electrons. The lowest BCUT2D eigenvalue weighted by Gasteiger charge is -2.21. The zero-order valence-electron chi connectivity index (χ0n) is 13.6. The van der Waals surface area contributed by atoms with Crippen LogP contribution in [0.25, 0.3) is 16.3 Å². The Balaban J connectivity index is 1.56. The summed E-state index contributed by atoms with van der Waals surface area (Å²) >= 11 is 5.21. The van der Waals surface area contributed by atoms with Crippen molar-refractivity contribution < 1.29 is 4.79 Å². The summed E-state index contributed by atoms with van der Waals surface area (Å²) < 4.78 is 2.17. The number of benzene rings is 2. The van der Waals surface area contributed by atoms with E-state index in [1.807, 2.05) is 53.4 Å². The van der Waals surface area contributed by atoms with E-state index in [-0.39, 0.29) is 11.9 Å². The van der Waals surface area contributed by atoms with Gasteiger partial charge in [0, 0.05) is 17.1 Å². The average molecular weight is 413 g/mol. The fraction of sp³-hybridized carbons (Fsp3) is 0.200. The molecule has 0 saturated carbocycles. The Morgan fingerprint density at radius 1 is 1.20 bits per heavy atom. The first-order valence-electron chi connectivity index (χ1n) is 8.31. The highest BCUT2D eigenvalue weighted by atomic mass is 79.9. The molecule has 0 aliphatic carbocycles. The number of likely N-dealkylation sites (tertiary alicyclic amines) is 1. The number of nitrogens with zero attached hydrogens (tertiary/aromatic N) is 2. The predicted molar refractivity (Wildman–Crippen MR) is 106 cm³/mol. The highest BCUT2D eigenvalue weighted by Gasteiger charge is 2.31. The summed E-state index contributed by atoms with van der Waals surface area (Å²) in [5.74, 6) is 0.0532. The van der Waals surface area contributed by atoms with Gasteiger partial charge in [0.1, 0.15) is 5.01 Å². The lowest BCUT2D eigenvalue weighted by atomic mass is 10.2. The van der Waals surface area contributed by atoms with Crippen molar-refractivity contribution in [1.82, 2.24) is 9.88 Å². The summed E-state index contributed by atoms with van der Waals surface area (Å²) in [6.45, 7) is 0.791. The van der Waals surface area contributed by atoms with Crippen LogP contribution in [0, 0.1) is 0 Å². The predicted octanol–water partition coefficient (Wildman–Crippen LogP) is 5.44. The summed E-state index contributed by atoms with van der Waals surface area (Å²) in [4.78, 5) is 19.4. The van der Waals surface area contributed by atoms with E-state index in [1.165, 1.54) is 4.70 Å². The van der Waals surface area contributed by atoms with Gasteiger partial charge in [-0.05, 0) is 42.7 Å². The third-order valence-corrected chi connectivity index (χ3v) is 6.30. The van der Waals surface area contributed by atoms with Crippen LogP contribution in [0.3, 0.4) is 0 Å². The van der Waals surface area contributed by atoms with Crippen LogP contribution < -0.4 is 0 Å². The van der Waals surface area contributed by atoms with E-state index in [0.717, 1.165) is 39.9 Å². The van der Waals surface area contributed by atoms with Crippen LogP contribution in [0.4, 0.5) is 0 Å². The van der Waals surface area contributed by atoms with Crippen molar-refractivity contribution in [2.75, 3.05) is 6.54 Å². The molecule has 5 heteroatoms. The topological polar surface area (TPSA) is 33.2 Å². The van der Waals surface area contributed by atoms with Gasteiger partial charge >= 0.3 is 0 Å². The van der Waals surface area contributed by atoms with Crippen LogP contribution in [0.5, 0.6) is 0 Å². The molecule has 0 bridgehead atoms. The summed E-state index contributed by atoms with van der Waals surface area (Å²) in [5.41, 5.74) is 2.03. The van der Waals surface area contributed by atoms with Crippen LogP contribution in [0.1, 0.15) is 29.5 Å². The van der Waals surface area contributed by atoms with E-state index in [9.17, 15) is 4.79 Å². The number of carbonyl (C=O) groups excluding carboxylic acids is 1. The molecule has 1 fully saturated rings. The maximum Gasteiger partial charge on any atom is 0.247 e. The molecule has 1 aromatic heterocycles. The summed E-state index contributed by atoms with van der Waals surface area (Å²) in [6, 6.07) is 16.1. The number of hydrogen-bond acceptors (Lipinski definition) is 3. The second-order valence-corrected chi connectivity index (χ2v) is 7.98. The summed E-state index contributed by atoms with van der Waals surface area (Å²) in [6.07, 6.45) is 5.55. The normalized spacial score (nSPS) is 17.6. The lowest BCUT2D eigenvalue weighted by molar-refractivity contribution is -0.126. The molecule has 4 rings (SSSR count). The monoisotopic (exact) mass is 412 g/mol. The van der Waals surface area contributed by atoms with Crippen molar-refractivity contribution in [2.45, 2.75) is 18.9 Å². The minimum atomic E-state index is 0.0532. The fourth-order valence-electron chi connectivity index (χ4n) is 3.19. The average Bonchev–Trinajstić information content (AvgIpc) is 3.27. The molecule has 3 aromatic rings. The maximum absolute atomic E-state index is 12.7. The summed E-state index contributed by atoms with van der Waals surface area (Å²) in [7, 11) is 0. The number of aromatic nitrogens is 1. The maximum atomic E-state index is 12.7. The van der Waals surface area contributed by atoms with Crippen LogP contribution in [-0.4, -0.2) is 22.3 Å². The molecule has 1 amide bonds. The van der Waals surface area contributed by atoms with E-state index >= 15 is 0 Å². The Labute approximate surface area is 159 Å². The standard InChI is InChI=1S/C20H17BrN2OS/c21-15-7-2-1-6-14(15)11-12-19(24)23-13-5-9-17(23)20-22-16-8-3-4-10-18(16)25-20/h1-4,6-8,10-12,17H,5,9,13H2. The van der Waals surface area contributed by atoms with E-state index in [0.29, 0.717) is 0 Å². The quantitative estimate of drug-likeness (QED) is 0.536. The molecular weight excluding hydrogens is 396 g/mol. The zero-order valence-corrected chi connectivity index (χ0v) is 16.0. The highest BCUT2D eigenvalue weighted by Crippen LogP contribution is 2.36. The molecule has 0 N–H and O–H groups in total. The van der Waals surface area contributed by atoms with Crippen LogP contribution in [0.2, 0.25) is 0 Å². The van der Waals surface area contributed by atoms with Gasteiger partial charge in [0.05, 0.1) is 16.3 Å². The van der Waals surface area contributed by atoms with Crippen molar-refractivity contribution in [2.24, 2.45) is 0 Å². The van der Waals surface area contributed by atoms with Gasteiger partial charge in [-0.3, -0.25) is 4.79 Å². The van der Waals surface area contributed by atoms with E-state index in [2.05, 4.69) is 22.0 Å². The lowest BCUT2D eigenvalue weighted by Crippen LogP contribution is -2.28. The molecule has 1 unspecified atom stereocenters. The van der Waals surface area contributed by atoms with Gasteiger partial charge in [-0.1, -0.05) is 46.3 Å². The molecule has 0 spiro atoms. The van der Waals surface area contributed by atoms with Gasteiger partial charge in [-0.15, -0.1) is 11.3 Å². The Hall–Kier alpha value is -1.98. The zero-order chi connectivity index (χ0) is 17.2. The van der Waals surface area contributed by atoms with Crippen molar-refractivity contribution in [3.05, 3.63) is 69.7 Å². The first kappa shape index (κ1) is 16.5. The third-order valence-electron chi connectivity index (χ3n) is 4.44. The molecule has 1 aliphatic rings. The Bertz CT molecular complexity index is 917. The van der Waals surface area contributed by atoms with Gasteiger partial charge in [0.15, 0.2) is 0 Å². The molecular formula is C20H17BrN2OS. The van der Waals surface area contributed by atoms with Crippen molar-refractivity contribution in [1.29, 1.82) is 0 Å². The SMILES string of the molecule is O=C(C=Cc1ccccc1Br)N1CCCC1c1nc2ccccc2s1. The van der Waals surface area contributed by atoms with E-state index in [4.69, 9.17) is 4.98 Å². The second kappa shape index (κ2) is 7.10. The Morgan fingerprint density at radius 3 is 2.84 bits per heavy atom. The third kappa shape index (κ3) is 3.39. The number of hydrogen-bond donors (Lipinski definition) is 0. The first-order valence-corrected chi connectivity index (χ1v) is 9.92. The van der Waals surface area contributed by atoms with Gasteiger partial charge in [0.25, 0.3) is 0 Å². The fourth-order valence-corrected chi connectivity index (χ4v) is 4.72. The largest absolute Gasteiger partial charge is 0.330 e. The van der Waals surface area contributed by atoms with Gasteiger partial charge in [0.2, 0.25) is 5.91 Å². The second-order valence-electron chi connectivity index (χ2n) is 6.06. The number of amides is 1. The van der Waals surface area contributed by atoms with Crippen LogP contribution >= 0.6 is 27.3 Å². The van der Waals surface area contributed by atoms with Crippen molar-refractivity contribution in [3.63, 3.8) is 0 Å². The molecule has 2 heterocycles. The number of fused-ring (bicyclic) bond motifs is 1. The molecule has 126 valence electrons. The molecule has 1 saturated heterocycles. The highest BCUT2D eigenvalue weighted by molar-refractivity contribution is 9.10. The van der Waals surface area contributed by atoms with Crippen molar-refractivity contribution in [3.8, 4) is 0 Å². The molecule has 25 heavy (non-hydrogen) atoms. The Morgan fingerprint density at radius 2 is 2.00 bits per heavy atom. The number of halogens is 1. The van der Waals surface area contributed by atoms with Gasteiger partial charge < -0.3 is 4.90 Å². The summed E-state index contributed by atoms with van der Waals surface area (Å²) in [5, 5.41) is 1.04. The van der Waals surface area contributed by atoms with Crippen LogP contribution in [0.15, 0.2) is 59.1 Å². The molecule has 1 atom stereocenters. The van der Waals surface area contributed by atoms with Crippen molar-refractivity contribution >= 4 is 49.5 Å². The van der Waals surface area contributed by atoms with Gasteiger partial charge in [-0.2, -0.15) is 0 Å². The van der Waals surface area contributed by atoms with E-state index < -0.39 is 0 Å². The first-order chi connectivity index (χ1) is 12.2.